The molecule has 0 bridgehead atoms. The summed E-state index contributed by atoms with van der Waals surface area (Å²) in [7, 11) is 0. The van der Waals surface area contributed by atoms with Crippen molar-refractivity contribution in [3.8, 4) is 0 Å². The highest BCUT2D eigenvalue weighted by atomic mass is 16.5. The lowest BCUT2D eigenvalue weighted by Crippen LogP contribution is -2.44. The van der Waals surface area contributed by atoms with Crippen LogP contribution in [0.1, 0.15) is 29.8 Å². The minimum Gasteiger partial charge on any atom is -0.371 e. The predicted octanol–water partition coefficient (Wildman–Crippen LogP) is 2.33. The summed E-state index contributed by atoms with van der Waals surface area (Å²) < 4.78 is 5.90. The van der Waals surface area contributed by atoms with Gasteiger partial charge in [-0.25, -0.2) is 0 Å². The summed E-state index contributed by atoms with van der Waals surface area (Å²) in [5.41, 5.74) is 3.37. The van der Waals surface area contributed by atoms with Crippen LogP contribution >= 0.6 is 0 Å². The number of morpholine rings is 1. The molecule has 1 amide bonds. The van der Waals surface area contributed by atoms with E-state index in [1.54, 1.807) is 6.20 Å². The van der Waals surface area contributed by atoms with Gasteiger partial charge in [0.15, 0.2) is 0 Å². The Bertz CT molecular complexity index is 673. The van der Waals surface area contributed by atoms with Gasteiger partial charge in [0.05, 0.1) is 31.5 Å². The van der Waals surface area contributed by atoms with Gasteiger partial charge in [-0.3, -0.25) is 14.7 Å². The number of hydrogen-bond donors (Lipinski definition) is 1. The molecule has 2 aromatic rings. The number of benzene rings is 1. The van der Waals surface area contributed by atoms with Crippen molar-refractivity contribution in [2.75, 3.05) is 26.2 Å². The topological polar surface area (TPSA) is 54.5 Å². The molecule has 1 unspecified atom stereocenters. The number of carbonyl (C=O) groups excluding carboxylic acids is 1. The molecule has 1 atom stereocenters. The molecule has 1 aromatic heterocycles. The highest BCUT2D eigenvalue weighted by Crippen LogP contribution is 2.22. The second-order valence-electron chi connectivity index (χ2n) is 6.29. The Balaban J connectivity index is 1.49. The van der Waals surface area contributed by atoms with Crippen LogP contribution in [-0.4, -0.2) is 42.0 Å². The maximum absolute atomic E-state index is 12.2. The molecule has 1 fully saturated rings. The molecule has 3 rings (SSSR count). The molecule has 1 N–H and O–H groups in total. The first-order chi connectivity index (χ1) is 12.2. The van der Waals surface area contributed by atoms with Gasteiger partial charge >= 0.3 is 0 Å². The van der Waals surface area contributed by atoms with Gasteiger partial charge in [-0.1, -0.05) is 37.3 Å². The Hall–Kier alpha value is -2.24. The van der Waals surface area contributed by atoms with Crippen molar-refractivity contribution in [2.45, 2.75) is 26.0 Å². The fourth-order valence-corrected chi connectivity index (χ4v) is 2.97. The molecule has 1 aliphatic heterocycles. The normalized spacial score (nSPS) is 18.0. The van der Waals surface area contributed by atoms with E-state index >= 15 is 0 Å². The van der Waals surface area contributed by atoms with Crippen LogP contribution in [0.3, 0.4) is 0 Å². The van der Waals surface area contributed by atoms with Crippen molar-refractivity contribution >= 4 is 5.91 Å². The quantitative estimate of drug-likeness (QED) is 0.878. The SMILES string of the molecule is CCc1ccc(C2CN(CC(=O)NCc3ccccn3)CCO2)cc1. The number of aromatic nitrogens is 1. The first-order valence-electron chi connectivity index (χ1n) is 8.84. The molecule has 0 saturated carbocycles. The van der Waals surface area contributed by atoms with Crippen LogP contribution in [0, 0.1) is 0 Å². The number of nitrogens with one attached hydrogen (secondary N) is 1. The van der Waals surface area contributed by atoms with Gasteiger partial charge in [0, 0.05) is 19.3 Å². The van der Waals surface area contributed by atoms with Crippen LogP contribution in [0.4, 0.5) is 0 Å². The zero-order chi connectivity index (χ0) is 17.5. The standard InChI is InChI=1S/C20H25N3O2/c1-2-16-6-8-17(9-7-16)19-14-23(11-12-25-19)15-20(24)22-13-18-5-3-4-10-21-18/h3-10,19H,2,11-15H2,1H3,(H,22,24). The summed E-state index contributed by atoms with van der Waals surface area (Å²) in [5, 5.41) is 2.93. The maximum Gasteiger partial charge on any atom is 0.234 e. The number of rotatable bonds is 6. The predicted molar refractivity (Wildman–Crippen MR) is 97.0 cm³/mol. The maximum atomic E-state index is 12.2. The Kier molecular flexibility index (Phi) is 6.14. The summed E-state index contributed by atoms with van der Waals surface area (Å²) in [6.45, 7) is 5.17. The summed E-state index contributed by atoms with van der Waals surface area (Å²) in [6, 6.07) is 14.3. The lowest BCUT2D eigenvalue weighted by atomic mass is 10.0. The van der Waals surface area contributed by atoms with Gasteiger partial charge in [-0.05, 0) is 29.7 Å². The minimum absolute atomic E-state index is 0.0210. The smallest absolute Gasteiger partial charge is 0.234 e. The molecule has 0 spiro atoms. The van der Waals surface area contributed by atoms with Gasteiger partial charge in [0.2, 0.25) is 5.91 Å². The van der Waals surface area contributed by atoms with Crippen molar-refractivity contribution in [3.63, 3.8) is 0 Å². The van der Waals surface area contributed by atoms with Crippen LogP contribution < -0.4 is 5.32 Å². The lowest BCUT2D eigenvalue weighted by Gasteiger charge is -2.32. The Labute approximate surface area is 149 Å². The number of amides is 1. The third-order valence-corrected chi connectivity index (χ3v) is 4.47. The highest BCUT2D eigenvalue weighted by molar-refractivity contribution is 5.77. The Morgan fingerprint density at radius 3 is 2.84 bits per heavy atom. The zero-order valence-corrected chi connectivity index (χ0v) is 14.6. The largest absolute Gasteiger partial charge is 0.371 e. The monoisotopic (exact) mass is 339 g/mol. The van der Waals surface area contributed by atoms with Crippen molar-refractivity contribution in [3.05, 3.63) is 65.5 Å². The molecule has 2 heterocycles. The number of nitrogens with zero attached hydrogens (tertiary/aromatic N) is 2. The molecular weight excluding hydrogens is 314 g/mol. The van der Waals surface area contributed by atoms with Crippen molar-refractivity contribution in [1.82, 2.24) is 15.2 Å². The van der Waals surface area contributed by atoms with Gasteiger partial charge in [-0.2, -0.15) is 0 Å². The second-order valence-corrected chi connectivity index (χ2v) is 6.29. The fourth-order valence-electron chi connectivity index (χ4n) is 2.97. The van der Waals surface area contributed by atoms with E-state index in [9.17, 15) is 4.79 Å². The van der Waals surface area contributed by atoms with Crippen LogP contribution in [0.5, 0.6) is 0 Å². The molecule has 1 aliphatic rings. The Morgan fingerprint density at radius 2 is 2.12 bits per heavy atom. The third-order valence-electron chi connectivity index (χ3n) is 4.47. The molecule has 5 heteroatoms. The van der Waals surface area contributed by atoms with Gasteiger partial charge in [0.1, 0.15) is 0 Å². The summed E-state index contributed by atoms with van der Waals surface area (Å²) in [4.78, 5) is 18.6. The average molecular weight is 339 g/mol. The summed E-state index contributed by atoms with van der Waals surface area (Å²) in [6.07, 6.45) is 2.80. The van der Waals surface area contributed by atoms with E-state index in [1.165, 1.54) is 11.1 Å². The average Bonchev–Trinajstić information content (AvgIpc) is 2.67. The highest BCUT2D eigenvalue weighted by Gasteiger charge is 2.23. The summed E-state index contributed by atoms with van der Waals surface area (Å²) in [5.74, 6) is 0.0210. The van der Waals surface area contributed by atoms with Gasteiger partial charge in [-0.15, -0.1) is 0 Å². The van der Waals surface area contributed by atoms with E-state index in [4.69, 9.17) is 4.74 Å². The number of carbonyl (C=O) groups is 1. The van der Waals surface area contributed by atoms with Gasteiger partial charge < -0.3 is 10.1 Å². The second kappa shape index (κ2) is 8.74. The lowest BCUT2D eigenvalue weighted by molar-refractivity contribution is -0.124. The zero-order valence-electron chi connectivity index (χ0n) is 14.6. The number of ether oxygens (including phenoxy) is 1. The van der Waals surface area contributed by atoms with Crippen LogP contribution in [0.15, 0.2) is 48.7 Å². The fraction of sp³-hybridized carbons (Fsp3) is 0.400. The van der Waals surface area contributed by atoms with Gasteiger partial charge in [0.25, 0.3) is 0 Å². The summed E-state index contributed by atoms with van der Waals surface area (Å²) >= 11 is 0. The van der Waals surface area contributed by atoms with Crippen molar-refractivity contribution < 1.29 is 9.53 Å². The van der Waals surface area contributed by atoms with E-state index in [0.29, 0.717) is 19.7 Å². The molecule has 1 aromatic carbocycles. The molecule has 25 heavy (non-hydrogen) atoms. The first kappa shape index (κ1) is 17.6. The van der Waals surface area contributed by atoms with E-state index in [-0.39, 0.29) is 12.0 Å². The number of aryl methyl sites for hydroxylation is 1. The Morgan fingerprint density at radius 1 is 1.28 bits per heavy atom. The van der Waals surface area contributed by atoms with E-state index in [1.807, 2.05) is 18.2 Å². The van der Waals surface area contributed by atoms with Crippen LogP contribution in [0.25, 0.3) is 0 Å². The van der Waals surface area contributed by atoms with Crippen molar-refractivity contribution in [1.29, 1.82) is 0 Å². The van der Waals surface area contributed by atoms with Crippen LogP contribution in [0.2, 0.25) is 0 Å². The first-order valence-corrected chi connectivity index (χ1v) is 8.84. The molecule has 132 valence electrons. The molecular formula is C20H25N3O2. The third kappa shape index (κ3) is 5.11. The van der Waals surface area contributed by atoms with Crippen LogP contribution in [-0.2, 0) is 22.5 Å². The number of pyridine rings is 1. The van der Waals surface area contributed by atoms with E-state index in [0.717, 1.165) is 25.2 Å². The number of hydrogen-bond acceptors (Lipinski definition) is 4. The van der Waals surface area contributed by atoms with Crippen molar-refractivity contribution in [2.24, 2.45) is 0 Å². The molecule has 0 aliphatic carbocycles. The molecule has 0 radical (unpaired) electrons. The minimum atomic E-state index is 0.0210. The van der Waals surface area contributed by atoms with E-state index in [2.05, 4.69) is 46.4 Å². The molecule has 5 nitrogen and oxygen atoms in total. The van der Waals surface area contributed by atoms with E-state index < -0.39 is 0 Å². The molecule has 1 saturated heterocycles.